The number of aliphatic hydroxyl groups is 1. The molecule has 1 aromatic heterocycles. The second-order valence-electron chi connectivity index (χ2n) is 8.65. The Bertz CT molecular complexity index is 1120. The molecule has 31 heavy (non-hydrogen) atoms. The molecule has 162 valence electrons. The Morgan fingerprint density at radius 3 is 2.68 bits per heavy atom. The molecule has 3 atom stereocenters. The molecule has 0 radical (unpaired) electrons. The Morgan fingerprint density at radius 1 is 1.19 bits per heavy atom. The maximum atomic E-state index is 13.4. The average Bonchev–Trinajstić information content (AvgIpc) is 3.12. The van der Waals surface area contributed by atoms with E-state index in [-0.39, 0.29) is 24.6 Å². The van der Waals surface area contributed by atoms with Crippen molar-refractivity contribution in [3.63, 3.8) is 0 Å². The molecule has 0 bridgehead atoms. The Kier molecular flexibility index (Phi) is 5.47. The number of benzene rings is 2. The SMILES string of the molecule is CN(Cc1cc(Cl)cc(Cl)c1)[C@@H]1C[C@@H]2c3[nH]c4ccccc4c3CCN2C(=O)[C@@H]1CO. The molecule has 2 aliphatic rings. The first-order valence-corrected chi connectivity index (χ1v) is 11.4. The van der Waals surface area contributed by atoms with E-state index in [9.17, 15) is 9.90 Å². The number of H-pyrrole nitrogens is 1. The molecule has 0 aliphatic carbocycles. The highest BCUT2D eigenvalue weighted by Gasteiger charge is 2.46. The Balaban J connectivity index is 1.47. The number of para-hydroxylation sites is 1. The lowest BCUT2D eigenvalue weighted by Crippen LogP contribution is -2.57. The van der Waals surface area contributed by atoms with Crippen LogP contribution < -0.4 is 0 Å². The number of carbonyl (C=O) groups excluding carboxylic acids is 1. The van der Waals surface area contributed by atoms with Crippen LogP contribution in [0.25, 0.3) is 10.9 Å². The highest BCUT2D eigenvalue weighted by molar-refractivity contribution is 6.34. The van der Waals surface area contributed by atoms with Gasteiger partial charge in [0.25, 0.3) is 0 Å². The number of rotatable bonds is 4. The number of fused-ring (bicyclic) bond motifs is 5. The van der Waals surface area contributed by atoms with Crippen LogP contribution in [0.15, 0.2) is 42.5 Å². The van der Waals surface area contributed by atoms with Crippen molar-refractivity contribution in [3.8, 4) is 0 Å². The number of piperidine rings is 1. The van der Waals surface area contributed by atoms with E-state index in [2.05, 4.69) is 28.1 Å². The van der Waals surface area contributed by atoms with Crippen LogP contribution >= 0.6 is 23.2 Å². The lowest BCUT2D eigenvalue weighted by molar-refractivity contribution is -0.149. The predicted molar refractivity (Wildman–Crippen MR) is 123 cm³/mol. The molecule has 5 rings (SSSR count). The van der Waals surface area contributed by atoms with E-state index in [1.165, 1.54) is 10.9 Å². The minimum atomic E-state index is -0.443. The number of aromatic nitrogens is 1. The number of carbonyl (C=O) groups is 1. The number of amides is 1. The maximum absolute atomic E-state index is 13.4. The van der Waals surface area contributed by atoms with E-state index in [0.29, 0.717) is 23.1 Å². The average molecular weight is 458 g/mol. The van der Waals surface area contributed by atoms with Gasteiger partial charge in [-0.2, -0.15) is 0 Å². The van der Waals surface area contributed by atoms with Crippen molar-refractivity contribution in [3.05, 3.63) is 69.3 Å². The number of nitrogens with one attached hydrogen (secondary N) is 1. The summed E-state index contributed by atoms with van der Waals surface area (Å²) in [5, 5.41) is 12.5. The molecule has 1 fully saturated rings. The summed E-state index contributed by atoms with van der Waals surface area (Å²) in [5.41, 5.74) is 4.56. The van der Waals surface area contributed by atoms with Crippen LogP contribution in [0.5, 0.6) is 0 Å². The van der Waals surface area contributed by atoms with Crippen molar-refractivity contribution in [1.82, 2.24) is 14.8 Å². The second-order valence-corrected chi connectivity index (χ2v) is 9.52. The molecule has 0 spiro atoms. The summed E-state index contributed by atoms with van der Waals surface area (Å²) in [6.07, 6.45) is 1.60. The second kappa shape index (κ2) is 8.14. The number of aromatic amines is 1. The van der Waals surface area contributed by atoms with Gasteiger partial charge in [0.1, 0.15) is 0 Å². The molecule has 1 saturated heterocycles. The number of hydrogen-bond donors (Lipinski definition) is 2. The zero-order chi connectivity index (χ0) is 21.7. The third-order valence-electron chi connectivity index (χ3n) is 6.81. The minimum Gasteiger partial charge on any atom is -0.395 e. The van der Waals surface area contributed by atoms with E-state index in [0.717, 1.165) is 29.6 Å². The van der Waals surface area contributed by atoms with Crippen LogP contribution in [0.4, 0.5) is 0 Å². The van der Waals surface area contributed by atoms with Crippen molar-refractivity contribution in [1.29, 1.82) is 0 Å². The van der Waals surface area contributed by atoms with Gasteiger partial charge >= 0.3 is 0 Å². The molecular weight excluding hydrogens is 433 g/mol. The van der Waals surface area contributed by atoms with Gasteiger partial charge in [-0.05, 0) is 55.3 Å². The van der Waals surface area contributed by atoms with Crippen molar-refractivity contribution in [2.24, 2.45) is 5.92 Å². The van der Waals surface area contributed by atoms with Gasteiger partial charge in [-0.1, -0.05) is 41.4 Å². The molecule has 2 aliphatic heterocycles. The summed E-state index contributed by atoms with van der Waals surface area (Å²) in [6, 6.07) is 13.7. The van der Waals surface area contributed by atoms with Crippen LogP contribution in [0.3, 0.4) is 0 Å². The standard InChI is InChI=1S/C24H25Cl2N3O2/c1-28(12-14-8-15(25)10-16(26)9-14)21-11-22-23-18(17-4-2-3-5-20(17)27-23)6-7-29(22)24(31)19(21)13-30/h2-5,8-10,19,21-22,27,30H,6-7,11-13H2,1H3/t19-,21-,22-/m1/s1. The summed E-state index contributed by atoms with van der Waals surface area (Å²) < 4.78 is 0. The third kappa shape index (κ3) is 3.64. The van der Waals surface area contributed by atoms with E-state index in [4.69, 9.17) is 23.2 Å². The van der Waals surface area contributed by atoms with Crippen LogP contribution in [0, 0.1) is 5.92 Å². The number of hydrogen-bond acceptors (Lipinski definition) is 3. The smallest absolute Gasteiger partial charge is 0.230 e. The lowest BCUT2D eigenvalue weighted by Gasteiger charge is -2.47. The first-order valence-electron chi connectivity index (χ1n) is 10.6. The monoisotopic (exact) mass is 457 g/mol. The highest BCUT2D eigenvalue weighted by Crippen LogP contribution is 2.42. The zero-order valence-corrected chi connectivity index (χ0v) is 18.8. The van der Waals surface area contributed by atoms with E-state index in [1.807, 2.05) is 30.1 Å². The first-order chi connectivity index (χ1) is 15.0. The van der Waals surface area contributed by atoms with Crippen molar-refractivity contribution >= 4 is 40.0 Å². The third-order valence-corrected chi connectivity index (χ3v) is 7.24. The molecular formula is C24H25Cl2N3O2. The van der Waals surface area contributed by atoms with E-state index < -0.39 is 5.92 Å². The van der Waals surface area contributed by atoms with Crippen molar-refractivity contribution in [2.75, 3.05) is 20.2 Å². The number of halogens is 2. The molecule has 5 nitrogen and oxygen atoms in total. The van der Waals surface area contributed by atoms with Crippen molar-refractivity contribution < 1.29 is 9.90 Å². The van der Waals surface area contributed by atoms with Crippen molar-refractivity contribution in [2.45, 2.75) is 31.5 Å². The number of aliphatic hydroxyl groups excluding tert-OH is 1. The summed E-state index contributed by atoms with van der Waals surface area (Å²) in [7, 11) is 2.00. The summed E-state index contributed by atoms with van der Waals surface area (Å²) in [5.74, 6) is -0.411. The van der Waals surface area contributed by atoms with Gasteiger partial charge in [0.05, 0.1) is 18.6 Å². The van der Waals surface area contributed by atoms with Crippen LogP contribution in [0.2, 0.25) is 10.0 Å². The van der Waals surface area contributed by atoms with Gasteiger partial charge in [-0.25, -0.2) is 0 Å². The van der Waals surface area contributed by atoms with Gasteiger partial charge in [-0.3, -0.25) is 9.69 Å². The van der Waals surface area contributed by atoms with Crippen LogP contribution in [-0.2, 0) is 17.8 Å². The quantitative estimate of drug-likeness (QED) is 0.609. The highest BCUT2D eigenvalue weighted by atomic mass is 35.5. The molecule has 3 heterocycles. The Hall–Kier alpha value is -2.05. The fourth-order valence-electron chi connectivity index (χ4n) is 5.39. The summed E-state index contributed by atoms with van der Waals surface area (Å²) in [6.45, 7) is 1.13. The first kappa shape index (κ1) is 20.8. The van der Waals surface area contributed by atoms with Gasteiger partial charge in [0.2, 0.25) is 5.91 Å². The van der Waals surface area contributed by atoms with Gasteiger partial charge in [0, 0.05) is 45.8 Å². The molecule has 3 aromatic rings. The summed E-state index contributed by atoms with van der Waals surface area (Å²) in [4.78, 5) is 21.1. The van der Waals surface area contributed by atoms with Crippen LogP contribution in [0.1, 0.15) is 29.3 Å². The molecule has 7 heteroatoms. The fraction of sp³-hybridized carbons (Fsp3) is 0.375. The van der Waals surface area contributed by atoms with Gasteiger partial charge in [-0.15, -0.1) is 0 Å². The molecule has 2 aromatic carbocycles. The van der Waals surface area contributed by atoms with Gasteiger partial charge < -0.3 is 15.0 Å². The zero-order valence-electron chi connectivity index (χ0n) is 17.3. The predicted octanol–water partition coefficient (Wildman–Crippen LogP) is 4.41. The molecule has 0 saturated carbocycles. The largest absolute Gasteiger partial charge is 0.395 e. The fourth-order valence-corrected chi connectivity index (χ4v) is 5.96. The maximum Gasteiger partial charge on any atom is 0.230 e. The van der Waals surface area contributed by atoms with E-state index in [1.54, 1.807) is 6.07 Å². The molecule has 2 N–H and O–H groups in total. The normalized spacial score (nSPS) is 23.3. The molecule has 0 unspecified atom stereocenters. The van der Waals surface area contributed by atoms with Crippen LogP contribution in [-0.4, -0.2) is 52.0 Å². The molecule has 1 amide bonds. The Morgan fingerprint density at radius 2 is 1.94 bits per heavy atom. The lowest BCUT2D eigenvalue weighted by atomic mass is 9.81. The number of nitrogens with zero attached hydrogens (tertiary/aromatic N) is 2. The Labute approximate surface area is 191 Å². The summed E-state index contributed by atoms with van der Waals surface area (Å²) >= 11 is 12.4. The minimum absolute atomic E-state index is 0.0122. The van der Waals surface area contributed by atoms with Gasteiger partial charge in [0.15, 0.2) is 0 Å². The topological polar surface area (TPSA) is 59.6 Å². The van der Waals surface area contributed by atoms with E-state index >= 15 is 0 Å².